The van der Waals surface area contributed by atoms with Gasteiger partial charge in [0, 0.05) is 37.8 Å². The molecule has 3 aromatic rings. The lowest BCUT2D eigenvalue weighted by molar-refractivity contribution is -0.121. The van der Waals surface area contributed by atoms with Crippen molar-refractivity contribution in [3.63, 3.8) is 0 Å². The molecule has 32 heavy (non-hydrogen) atoms. The molecule has 2 aromatic carbocycles. The van der Waals surface area contributed by atoms with Crippen molar-refractivity contribution >= 4 is 11.7 Å². The largest absolute Gasteiger partial charge is 0.497 e. The van der Waals surface area contributed by atoms with Crippen LogP contribution in [0.3, 0.4) is 0 Å². The zero-order valence-corrected chi connectivity index (χ0v) is 18.0. The second-order valence-corrected chi connectivity index (χ2v) is 7.45. The number of fused-ring (bicyclic) bond motifs is 1. The summed E-state index contributed by atoms with van der Waals surface area (Å²) in [5, 5.41) is 3.01. The number of rotatable bonds is 8. The molecular weight excluding hydrogens is 410 g/mol. The number of aryl methyl sites for hydroxylation is 1. The van der Waals surface area contributed by atoms with Crippen molar-refractivity contribution in [1.82, 2.24) is 14.9 Å². The quantitative estimate of drug-likeness (QED) is 0.547. The number of carbonyl (C=O) groups excluding carboxylic acids is 2. The maximum Gasteiger partial charge on any atom is 0.221 e. The summed E-state index contributed by atoms with van der Waals surface area (Å²) in [5.41, 5.74) is 1.37. The Morgan fingerprint density at radius 1 is 1.09 bits per heavy atom. The minimum absolute atomic E-state index is 0.0599. The van der Waals surface area contributed by atoms with Crippen LogP contribution in [0.15, 0.2) is 54.9 Å². The molecule has 0 radical (unpaired) electrons. The van der Waals surface area contributed by atoms with E-state index in [1.807, 2.05) is 42.1 Å². The Morgan fingerprint density at radius 2 is 1.84 bits per heavy atom. The van der Waals surface area contributed by atoms with Gasteiger partial charge in [-0.15, -0.1) is 0 Å². The van der Waals surface area contributed by atoms with E-state index in [9.17, 15) is 9.59 Å². The number of amides is 1. The van der Waals surface area contributed by atoms with Crippen molar-refractivity contribution in [2.75, 3.05) is 20.3 Å². The molecule has 4 rings (SSSR count). The van der Waals surface area contributed by atoms with Crippen molar-refractivity contribution in [3.05, 3.63) is 71.8 Å². The normalized spacial score (nSPS) is 13.3. The molecule has 0 saturated carbocycles. The molecule has 1 aromatic heterocycles. The van der Waals surface area contributed by atoms with Crippen LogP contribution in [-0.4, -0.2) is 41.6 Å². The van der Waals surface area contributed by atoms with Gasteiger partial charge >= 0.3 is 0 Å². The highest BCUT2D eigenvalue weighted by Gasteiger charge is 2.22. The summed E-state index contributed by atoms with van der Waals surface area (Å²) < 4.78 is 18.1. The van der Waals surface area contributed by atoms with E-state index in [2.05, 4.69) is 10.3 Å². The summed E-state index contributed by atoms with van der Waals surface area (Å²) in [5.74, 6) is 2.24. The van der Waals surface area contributed by atoms with E-state index in [0.717, 1.165) is 11.3 Å². The number of ether oxygens (including phenoxy) is 3. The van der Waals surface area contributed by atoms with Gasteiger partial charge < -0.3 is 24.1 Å². The van der Waals surface area contributed by atoms with Crippen LogP contribution in [0.5, 0.6) is 17.2 Å². The molecule has 166 valence electrons. The predicted octanol–water partition coefficient (Wildman–Crippen LogP) is 3.07. The number of aromatic nitrogens is 2. The zero-order valence-electron chi connectivity index (χ0n) is 18.0. The molecule has 0 aliphatic carbocycles. The van der Waals surface area contributed by atoms with Gasteiger partial charge in [0.05, 0.1) is 7.11 Å². The molecule has 0 bridgehead atoms. The Morgan fingerprint density at radius 3 is 2.53 bits per heavy atom. The second kappa shape index (κ2) is 9.55. The fourth-order valence-corrected chi connectivity index (χ4v) is 3.57. The summed E-state index contributed by atoms with van der Waals surface area (Å²) in [4.78, 5) is 29.8. The number of benzene rings is 2. The van der Waals surface area contributed by atoms with Crippen LogP contribution in [0.2, 0.25) is 0 Å². The minimum atomic E-state index is -0.446. The smallest absolute Gasteiger partial charge is 0.221 e. The van der Waals surface area contributed by atoms with E-state index in [1.54, 1.807) is 31.5 Å². The Labute approximate surface area is 186 Å². The molecule has 1 unspecified atom stereocenters. The number of imidazole rings is 1. The summed E-state index contributed by atoms with van der Waals surface area (Å²) in [6, 6.07) is 12.1. The van der Waals surface area contributed by atoms with Crippen LogP contribution in [0.4, 0.5) is 0 Å². The number of nitrogens with one attached hydrogen (secondary N) is 1. The summed E-state index contributed by atoms with van der Waals surface area (Å²) >= 11 is 0. The van der Waals surface area contributed by atoms with Gasteiger partial charge in [0.2, 0.25) is 5.91 Å². The van der Waals surface area contributed by atoms with Crippen LogP contribution < -0.4 is 19.5 Å². The van der Waals surface area contributed by atoms with Gasteiger partial charge in [0.25, 0.3) is 0 Å². The highest BCUT2D eigenvalue weighted by atomic mass is 16.6. The van der Waals surface area contributed by atoms with Crippen LogP contribution in [-0.2, 0) is 11.8 Å². The van der Waals surface area contributed by atoms with Gasteiger partial charge in [-0.2, -0.15) is 0 Å². The van der Waals surface area contributed by atoms with E-state index in [-0.39, 0.29) is 24.5 Å². The summed E-state index contributed by atoms with van der Waals surface area (Å²) in [6.07, 6.45) is 3.65. The fourth-order valence-electron chi connectivity index (χ4n) is 3.57. The zero-order chi connectivity index (χ0) is 22.5. The van der Waals surface area contributed by atoms with Gasteiger partial charge in [0.1, 0.15) is 30.8 Å². The van der Waals surface area contributed by atoms with E-state index in [1.165, 1.54) is 0 Å². The lowest BCUT2D eigenvalue weighted by Gasteiger charge is -2.20. The van der Waals surface area contributed by atoms with E-state index >= 15 is 0 Å². The highest BCUT2D eigenvalue weighted by molar-refractivity contribution is 5.98. The molecule has 0 saturated heterocycles. The molecule has 8 heteroatoms. The standard InChI is InChI=1S/C24H25N3O5/c1-27-12-11-25-24(27)23(16-3-6-18(30-2)7-4-16)26-22(29)10-8-19(28)17-5-9-20-21(15-17)32-14-13-31-20/h3-7,9,11-12,15,23H,8,10,13-14H2,1-2H3,(H,26,29). The average Bonchev–Trinajstić information content (AvgIpc) is 3.26. The first-order valence-corrected chi connectivity index (χ1v) is 10.4. The average molecular weight is 435 g/mol. The molecule has 8 nitrogen and oxygen atoms in total. The second-order valence-electron chi connectivity index (χ2n) is 7.45. The van der Waals surface area contributed by atoms with Gasteiger partial charge in [0.15, 0.2) is 17.3 Å². The van der Waals surface area contributed by atoms with Crippen molar-refractivity contribution in [2.45, 2.75) is 18.9 Å². The molecule has 0 spiro atoms. The number of hydrogen-bond donors (Lipinski definition) is 1. The van der Waals surface area contributed by atoms with Crippen molar-refractivity contribution in [2.24, 2.45) is 7.05 Å². The molecule has 1 aliphatic heterocycles. The minimum Gasteiger partial charge on any atom is -0.497 e. The fraction of sp³-hybridized carbons (Fsp3) is 0.292. The van der Waals surface area contributed by atoms with Crippen LogP contribution >= 0.6 is 0 Å². The number of nitrogens with zero attached hydrogens (tertiary/aromatic N) is 2. The maximum atomic E-state index is 12.8. The SMILES string of the molecule is COc1ccc(C(NC(=O)CCC(=O)c2ccc3c(c2)OCCO3)c2nccn2C)cc1. The monoisotopic (exact) mass is 435 g/mol. The number of methoxy groups -OCH3 is 1. The molecule has 1 atom stereocenters. The lowest BCUT2D eigenvalue weighted by Crippen LogP contribution is -2.31. The van der Waals surface area contributed by atoms with E-state index in [4.69, 9.17) is 14.2 Å². The lowest BCUT2D eigenvalue weighted by atomic mass is 10.0. The molecule has 1 aliphatic rings. The Balaban J connectivity index is 1.43. The van der Waals surface area contributed by atoms with Gasteiger partial charge in [-0.25, -0.2) is 4.98 Å². The number of hydrogen-bond acceptors (Lipinski definition) is 6. The van der Waals surface area contributed by atoms with Crippen LogP contribution in [0.25, 0.3) is 0 Å². The first-order valence-electron chi connectivity index (χ1n) is 10.4. The van der Waals surface area contributed by atoms with Crippen LogP contribution in [0.1, 0.15) is 40.6 Å². The van der Waals surface area contributed by atoms with E-state index in [0.29, 0.717) is 36.1 Å². The first-order chi connectivity index (χ1) is 15.5. The number of Topliss-reactive ketones (excluding diaryl/α,β-unsaturated/α-hetero) is 1. The molecule has 1 amide bonds. The third-order valence-electron chi connectivity index (χ3n) is 5.31. The highest BCUT2D eigenvalue weighted by Crippen LogP contribution is 2.31. The van der Waals surface area contributed by atoms with Crippen LogP contribution in [0, 0.1) is 0 Å². The number of ketones is 1. The van der Waals surface area contributed by atoms with Gasteiger partial charge in [-0.1, -0.05) is 12.1 Å². The van der Waals surface area contributed by atoms with Gasteiger partial charge in [-0.05, 0) is 35.9 Å². The molecule has 1 N–H and O–H groups in total. The van der Waals surface area contributed by atoms with Crippen molar-refractivity contribution < 1.29 is 23.8 Å². The van der Waals surface area contributed by atoms with Crippen molar-refractivity contribution in [3.8, 4) is 17.2 Å². The topological polar surface area (TPSA) is 91.7 Å². The maximum absolute atomic E-state index is 12.8. The third-order valence-corrected chi connectivity index (χ3v) is 5.31. The summed E-state index contributed by atoms with van der Waals surface area (Å²) in [7, 11) is 3.47. The predicted molar refractivity (Wildman–Crippen MR) is 117 cm³/mol. The van der Waals surface area contributed by atoms with Gasteiger partial charge in [-0.3, -0.25) is 9.59 Å². The Kier molecular flexibility index (Phi) is 6.39. The molecule has 2 heterocycles. The first kappa shape index (κ1) is 21.4. The third kappa shape index (κ3) is 4.74. The molecular formula is C24H25N3O5. The van der Waals surface area contributed by atoms with E-state index < -0.39 is 6.04 Å². The number of carbonyl (C=O) groups is 2. The Bertz CT molecular complexity index is 1110. The van der Waals surface area contributed by atoms with Crippen molar-refractivity contribution in [1.29, 1.82) is 0 Å². The Hall–Kier alpha value is -3.81. The molecule has 0 fully saturated rings. The summed E-state index contributed by atoms with van der Waals surface area (Å²) in [6.45, 7) is 0.943.